The number of anilines is 2. The lowest BCUT2D eigenvalue weighted by Crippen LogP contribution is -2.49. The predicted molar refractivity (Wildman–Crippen MR) is 131 cm³/mol. The molecule has 5 aliphatic rings. The number of rotatable bonds is 7. The number of nitrogens with zero attached hydrogens (tertiary/aromatic N) is 3. The summed E-state index contributed by atoms with van der Waals surface area (Å²) < 4.78 is 5.61. The van der Waals surface area contributed by atoms with Gasteiger partial charge in [-0.3, -0.25) is 5.10 Å². The number of H-pyrrole nitrogens is 2. The Morgan fingerprint density at radius 3 is 2.71 bits per heavy atom. The molecule has 0 radical (unpaired) electrons. The lowest BCUT2D eigenvalue weighted by molar-refractivity contribution is -0.366. The Morgan fingerprint density at radius 1 is 1.11 bits per heavy atom. The SMILES string of the molecule is O=C(NC1CCC(/C=N\c2nc(Nc3cc(C4CCCC4)[nH]n3)cc[nH+]2)CC1)NC1CC2CC1O2. The number of amides is 2. The van der Waals surface area contributed by atoms with Crippen LogP contribution in [-0.4, -0.2) is 51.7 Å². The van der Waals surface area contributed by atoms with Crippen molar-refractivity contribution in [3.8, 4) is 0 Å². The number of aromatic amines is 2. The van der Waals surface area contributed by atoms with E-state index in [1.807, 2.05) is 18.5 Å². The summed E-state index contributed by atoms with van der Waals surface area (Å²) in [5.74, 6) is 3.05. The van der Waals surface area contributed by atoms with Gasteiger partial charge in [-0.25, -0.2) is 9.78 Å². The molecule has 3 aliphatic carbocycles. The molecule has 2 aromatic rings. The van der Waals surface area contributed by atoms with Gasteiger partial charge in [-0.2, -0.15) is 5.10 Å². The minimum absolute atomic E-state index is 0.0568. The van der Waals surface area contributed by atoms with Gasteiger partial charge in [0.25, 0.3) is 0 Å². The Balaban J connectivity index is 0.960. The molecule has 5 N–H and O–H groups in total. The van der Waals surface area contributed by atoms with Crippen molar-refractivity contribution in [2.75, 3.05) is 5.32 Å². The van der Waals surface area contributed by atoms with E-state index in [0.717, 1.165) is 44.3 Å². The van der Waals surface area contributed by atoms with E-state index in [-0.39, 0.29) is 24.2 Å². The van der Waals surface area contributed by atoms with Crippen LogP contribution in [0.1, 0.15) is 75.8 Å². The quantitative estimate of drug-likeness (QED) is 0.452. The zero-order chi connectivity index (χ0) is 23.6. The molecule has 7 rings (SSSR count). The van der Waals surface area contributed by atoms with Crippen LogP contribution in [0.2, 0.25) is 0 Å². The highest BCUT2D eigenvalue weighted by Gasteiger charge is 2.46. The first-order valence-electron chi connectivity index (χ1n) is 13.2. The van der Waals surface area contributed by atoms with Gasteiger partial charge in [-0.15, -0.1) is 0 Å². The standard InChI is InChI=1S/C25H34N8O2/c34-25(29-20-11-18-12-21(20)35-18)28-17-7-5-15(6-8-17)14-27-24-26-10-9-22(31-24)30-23-13-19(32-33-23)16-3-1-2-4-16/h9-10,13-18,20-21H,1-8,11-12H2,(H2,28,29,34)(H2,26,30,31,32,33)/p+1/b27-14-. The third kappa shape index (κ3) is 5.32. The first kappa shape index (κ1) is 22.5. The molecule has 2 saturated heterocycles. The van der Waals surface area contributed by atoms with Gasteiger partial charge < -0.3 is 20.7 Å². The van der Waals surface area contributed by atoms with Crippen molar-refractivity contribution in [3.05, 3.63) is 24.0 Å². The van der Waals surface area contributed by atoms with Crippen LogP contribution in [0.15, 0.2) is 23.3 Å². The van der Waals surface area contributed by atoms with Crippen LogP contribution >= 0.6 is 0 Å². The van der Waals surface area contributed by atoms with Crippen LogP contribution < -0.4 is 20.9 Å². The van der Waals surface area contributed by atoms with Crippen LogP contribution in [0, 0.1) is 5.92 Å². The Hall–Kier alpha value is -3.01. The summed E-state index contributed by atoms with van der Waals surface area (Å²) in [6.45, 7) is 0. The second kappa shape index (κ2) is 9.93. The van der Waals surface area contributed by atoms with Gasteiger partial charge in [0.1, 0.15) is 0 Å². The van der Waals surface area contributed by atoms with Gasteiger partial charge in [0.2, 0.25) is 5.82 Å². The van der Waals surface area contributed by atoms with Crippen LogP contribution in [-0.2, 0) is 4.74 Å². The van der Waals surface area contributed by atoms with E-state index in [1.54, 1.807) is 0 Å². The van der Waals surface area contributed by atoms with Crippen molar-refractivity contribution in [2.24, 2.45) is 10.9 Å². The van der Waals surface area contributed by atoms with Crippen molar-refractivity contribution >= 4 is 29.8 Å². The zero-order valence-electron chi connectivity index (χ0n) is 20.0. The smallest absolute Gasteiger partial charge is 0.373 e. The predicted octanol–water partition coefficient (Wildman–Crippen LogP) is 3.51. The summed E-state index contributed by atoms with van der Waals surface area (Å²) in [4.78, 5) is 24.6. The lowest BCUT2D eigenvalue weighted by Gasteiger charge is -2.28. The largest absolute Gasteiger partial charge is 0.432 e. The van der Waals surface area contributed by atoms with Crippen molar-refractivity contribution in [2.45, 2.75) is 94.4 Å². The fourth-order valence-electron chi connectivity index (χ4n) is 5.97. The Bertz CT molecular complexity index is 1050. The molecule has 186 valence electrons. The minimum Gasteiger partial charge on any atom is -0.373 e. The molecule has 3 unspecified atom stereocenters. The number of nitrogens with one attached hydrogen (secondary N) is 5. The molecule has 2 amide bonds. The van der Waals surface area contributed by atoms with Crippen LogP contribution in [0.25, 0.3) is 0 Å². The number of hydrogen-bond donors (Lipinski definition) is 4. The molecule has 5 fully saturated rings. The van der Waals surface area contributed by atoms with E-state index >= 15 is 0 Å². The monoisotopic (exact) mass is 479 g/mol. The number of aliphatic imine (C=N–C) groups is 1. The Labute approximate surface area is 205 Å². The van der Waals surface area contributed by atoms with Crippen molar-refractivity contribution < 1.29 is 14.5 Å². The summed E-state index contributed by atoms with van der Waals surface area (Å²) in [6.07, 6.45) is 15.5. The van der Waals surface area contributed by atoms with Gasteiger partial charge in [-0.05, 0) is 44.9 Å². The van der Waals surface area contributed by atoms with Gasteiger partial charge in [0.05, 0.1) is 30.7 Å². The molecule has 3 atom stereocenters. The summed E-state index contributed by atoms with van der Waals surface area (Å²) in [5, 5.41) is 17.1. The second-order valence-corrected chi connectivity index (χ2v) is 10.5. The normalized spacial score (nSPS) is 30.3. The second-order valence-electron chi connectivity index (χ2n) is 10.5. The molecule has 0 aromatic carbocycles. The maximum atomic E-state index is 12.3. The van der Waals surface area contributed by atoms with E-state index in [2.05, 4.69) is 47.2 Å². The average Bonchev–Trinajstić information content (AvgIpc) is 3.63. The molecular formula is C25H35N8O2+. The van der Waals surface area contributed by atoms with E-state index in [0.29, 0.717) is 29.7 Å². The molecule has 4 heterocycles. The number of carbonyl (C=O) groups is 1. The molecule has 2 bridgehead atoms. The summed E-state index contributed by atoms with van der Waals surface area (Å²) in [6, 6.07) is 4.32. The molecular weight excluding hydrogens is 444 g/mol. The Morgan fingerprint density at radius 2 is 1.94 bits per heavy atom. The van der Waals surface area contributed by atoms with Crippen LogP contribution in [0.3, 0.4) is 0 Å². The molecule has 3 saturated carbocycles. The average molecular weight is 480 g/mol. The highest BCUT2D eigenvalue weighted by Crippen LogP contribution is 2.37. The number of ether oxygens (including phenoxy) is 1. The molecule has 10 nitrogen and oxygen atoms in total. The van der Waals surface area contributed by atoms with Gasteiger partial charge in [0, 0.05) is 42.1 Å². The summed E-state index contributed by atoms with van der Waals surface area (Å²) >= 11 is 0. The highest BCUT2D eigenvalue weighted by molar-refractivity contribution is 5.75. The van der Waals surface area contributed by atoms with Gasteiger partial charge >= 0.3 is 12.0 Å². The maximum Gasteiger partial charge on any atom is 0.432 e. The number of hydrogen-bond acceptors (Lipinski definition) is 6. The lowest BCUT2D eigenvalue weighted by atomic mass is 9.87. The zero-order valence-corrected chi connectivity index (χ0v) is 20.0. The van der Waals surface area contributed by atoms with Crippen molar-refractivity contribution in [1.82, 2.24) is 25.8 Å². The molecule has 35 heavy (non-hydrogen) atoms. The highest BCUT2D eigenvalue weighted by atomic mass is 16.5. The third-order valence-corrected chi connectivity index (χ3v) is 7.99. The number of carbonyl (C=O) groups excluding carboxylic acids is 1. The van der Waals surface area contributed by atoms with Crippen molar-refractivity contribution in [3.63, 3.8) is 0 Å². The van der Waals surface area contributed by atoms with E-state index in [4.69, 9.17) is 4.74 Å². The Kier molecular flexibility index (Phi) is 6.37. The first-order chi connectivity index (χ1) is 17.2. The maximum absolute atomic E-state index is 12.3. The molecule has 2 aliphatic heterocycles. The third-order valence-electron chi connectivity index (χ3n) is 7.99. The van der Waals surface area contributed by atoms with E-state index in [9.17, 15) is 4.79 Å². The first-order valence-corrected chi connectivity index (χ1v) is 13.2. The number of aromatic nitrogens is 4. The number of fused-ring (bicyclic) bond motifs is 1. The van der Waals surface area contributed by atoms with E-state index in [1.165, 1.54) is 31.4 Å². The fourth-order valence-corrected chi connectivity index (χ4v) is 5.97. The number of urea groups is 1. The molecule has 0 spiro atoms. The minimum atomic E-state index is -0.0568. The summed E-state index contributed by atoms with van der Waals surface area (Å²) in [7, 11) is 0. The van der Waals surface area contributed by atoms with E-state index < -0.39 is 0 Å². The van der Waals surface area contributed by atoms with Crippen LogP contribution in [0.5, 0.6) is 0 Å². The van der Waals surface area contributed by atoms with Crippen molar-refractivity contribution in [1.29, 1.82) is 0 Å². The van der Waals surface area contributed by atoms with Gasteiger partial charge in [0.15, 0.2) is 5.82 Å². The van der Waals surface area contributed by atoms with Gasteiger partial charge in [-0.1, -0.05) is 22.8 Å². The molecule has 10 heteroatoms. The fraction of sp³-hybridized carbons (Fsp3) is 0.640. The van der Waals surface area contributed by atoms with Crippen LogP contribution in [0.4, 0.5) is 22.4 Å². The summed E-state index contributed by atoms with van der Waals surface area (Å²) in [5.41, 5.74) is 1.21. The topological polar surface area (TPSA) is 130 Å². The molecule has 2 aromatic heterocycles.